The molecule has 5 nitrogen and oxygen atoms in total. The molecule has 2 N–H and O–H groups in total. The number of halogens is 1. The van der Waals surface area contributed by atoms with Crippen LogP contribution in [0.25, 0.3) is 0 Å². The summed E-state index contributed by atoms with van der Waals surface area (Å²) in [5, 5.41) is 6.59. The van der Waals surface area contributed by atoms with Gasteiger partial charge in [-0.25, -0.2) is 4.39 Å². The first-order valence-electron chi connectivity index (χ1n) is 8.66. The van der Waals surface area contributed by atoms with Crippen molar-refractivity contribution in [2.75, 3.05) is 46.4 Å². The molecule has 0 aliphatic carbocycles. The highest BCUT2D eigenvalue weighted by atomic mass is 19.1. The number of nitrogens with one attached hydrogen (secondary N) is 2. The van der Waals surface area contributed by atoms with Crippen LogP contribution in [0.1, 0.15) is 18.1 Å². The van der Waals surface area contributed by atoms with E-state index in [9.17, 15) is 4.39 Å². The number of benzene rings is 1. The molecule has 0 spiro atoms. The van der Waals surface area contributed by atoms with E-state index >= 15 is 0 Å². The summed E-state index contributed by atoms with van der Waals surface area (Å²) >= 11 is 0. The molecular formula is C18H29FN4O. The quantitative estimate of drug-likeness (QED) is 0.611. The van der Waals surface area contributed by atoms with Gasteiger partial charge in [0.15, 0.2) is 5.96 Å². The first kappa shape index (κ1) is 18.7. The molecule has 1 unspecified atom stereocenters. The summed E-state index contributed by atoms with van der Waals surface area (Å²) in [6.07, 6.45) is 0.984. The van der Waals surface area contributed by atoms with Crippen molar-refractivity contribution < 1.29 is 9.13 Å². The molecule has 1 aromatic carbocycles. The van der Waals surface area contributed by atoms with Crippen molar-refractivity contribution in [3.05, 3.63) is 35.1 Å². The van der Waals surface area contributed by atoms with Crippen LogP contribution in [-0.4, -0.2) is 63.3 Å². The molecule has 1 aliphatic rings. The molecule has 0 aromatic heterocycles. The van der Waals surface area contributed by atoms with Gasteiger partial charge in [0.25, 0.3) is 0 Å². The largest absolute Gasteiger partial charge is 0.374 e. The van der Waals surface area contributed by atoms with Crippen molar-refractivity contribution in [3.8, 4) is 0 Å². The molecule has 2 rings (SSSR count). The average molecular weight is 336 g/mol. The fourth-order valence-corrected chi connectivity index (χ4v) is 2.77. The second-order valence-corrected chi connectivity index (χ2v) is 6.22. The Labute approximate surface area is 144 Å². The van der Waals surface area contributed by atoms with Crippen molar-refractivity contribution in [3.63, 3.8) is 0 Å². The molecule has 134 valence electrons. The van der Waals surface area contributed by atoms with E-state index in [1.54, 1.807) is 6.07 Å². The van der Waals surface area contributed by atoms with Crippen LogP contribution in [0.2, 0.25) is 0 Å². The summed E-state index contributed by atoms with van der Waals surface area (Å²) in [6, 6.07) is 4.94. The van der Waals surface area contributed by atoms with Gasteiger partial charge in [-0.2, -0.15) is 0 Å². The lowest BCUT2D eigenvalue weighted by Crippen LogP contribution is -2.43. The third-order valence-electron chi connectivity index (χ3n) is 4.13. The van der Waals surface area contributed by atoms with E-state index in [1.807, 2.05) is 19.9 Å². The molecule has 1 heterocycles. The normalized spacial score (nSPS) is 19.3. The maximum absolute atomic E-state index is 13.1. The van der Waals surface area contributed by atoms with Crippen molar-refractivity contribution in [2.24, 2.45) is 4.99 Å². The molecule has 1 aromatic rings. The van der Waals surface area contributed by atoms with E-state index in [-0.39, 0.29) is 11.9 Å². The molecule has 1 aliphatic heterocycles. The Balaban J connectivity index is 1.82. The molecule has 6 heteroatoms. The first-order valence-corrected chi connectivity index (χ1v) is 8.66. The van der Waals surface area contributed by atoms with Gasteiger partial charge >= 0.3 is 0 Å². The molecule has 1 atom stereocenters. The van der Waals surface area contributed by atoms with Crippen LogP contribution in [0.3, 0.4) is 0 Å². The fraction of sp³-hybridized carbons (Fsp3) is 0.611. The summed E-state index contributed by atoms with van der Waals surface area (Å²) < 4.78 is 18.9. The zero-order valence-corrected chi connectivity index (χ0v) is 14.9. The van der Waals surface area contributed by atoms with Gasteiger partial charge in [-0.1, -0.05) is 6.07 Å². The predicted molar refractivity (Wildman–Crippen MR) is 96.1 cm³/mol. The van der Waals surface area contributed by atoms with Gasteiger partial charge < -0.3 is 20.3 Å². The lowest BCUT2D eigenvalue weighted by Gasteiger charge is -2.29. The van der Waals surface area contributed by atoms with Gasteiger partial charge in [0.05, 0.1) is 19.3 Å². The Morgan fingerprint density at radius 2 is 2.25 bits per heavy atom. The Morgan fingerprint density at radius 3 is 2.96 bits per heavy atom. The van der Waals surface area contributed by atoms with Crippen LogP contribution >= 0.6 is 0 Å². The lowest BCUT2D eigenvalue weighted by atomic mass is 10.1. The second kappa shape index (κ2) is 9.59. The smallest absolute Gasteiger partial charge is 0.191 e. The highest BCUT2D eigenvalue weighted by Crippen LogP contribution is 2.10. The van der Waals surface area contributed by atoms with Crippen molar-refractivity contribution in [2.45, 2.75) is 26.4 Å². The number of rotatable bonds is 6. The SMILES string of the molecule is CCNC(=NCC1CN(C)CCO1)NCCc1ccc(F)cc1C. The van der Waals surface area contributed by atoms with E-state index in [0.717, 1.165) is 56.3 Å². The van der Waals surface area contributed by atoms with Crippen LogP contribution in [-0.2, 0) is 11.2 Å². The average Bonchev–Trinajstić information content (AvgIpc) is 2.54. The van der Waals surface area contributed by atoms with Crippen LogP contribution in [0.4, 0.5) is 4.39 Å². The zero-order valence-electron chi connectivity index (χ0n) is 14.9. The first-order chi connectivity index (χ1) is 11.6. The third kappa shape index (κ3) is 6.09. The summed E-state index contributed by atoms with van der Waals surface area (Å²) in [5.41, 5.74) is 2.13. The lowest BCUT2D eigenvalue weighted by molar-refractivity contribution is -0.0136. The number of hydrogen-bond donors (Lipinski definition) is 2. The van der Waals surface area contributed by atoms with E-state index < -0.39 is 0 Å². The predicted octanol–water partition coefficient (Wildman–Crippen LogP) is 1.56. The van der Waals surface area contributed by atoms with E-state index in [0.29, 0.717) is 6.54 Å². The van der Waals surface area contributed by atoms with Gasteiger partial charge in [-0.05, 0) is 50.6 Å². The molecular weight excluding hydrogens is 307 g/mol. The standard InChI is InChI=1S/C18H29FN4O/c1-4-20-18(22-12-17-13-23(3)9-10-24-17)21-8-7-15-5-6-16(19)11-14(15)2/h5-6,11,17H,4,7-10,12-13H2,1-3H3,(H2,20,21,22). The molecule has 1 fully saturated rings. The number of hydrogen-bond acceptors (Lipinski definition) is 3. The highest BCUT2D eigenvalue weighted by molar-refractivity contribution is 5.79. The Bertz CT molecular complexity index is 550. The maximum Gasteiger partial charge on any atom is 0.191 e. The topological polar surface area (TPSA) is 48.9 Å². The van der Waals surface area contributed by atoms with Crippen LogP contribution in [0.15, 0.2) is 23.2 Å². The van der Waals surface area contributed by atoms with Crippen molar-refractivity contribution >= 4 is 5.96 Å². The van der Waals surface area contributed by atoms with Gasteiger partial charge in [-0.3, -0.25) is 4.99 Å². The summed E-state index contributed by atoms with van der Waals surface area (Å²) in [7, 11) is 2.10. The number of ether oxygens (including phenoxy) is 1. The van der Waals surface area contributed by atoms with Crippen molar-refractivity contribution in [1.29, 1.82) is 0 Å². The minimum atomic E-state index is -0.184. The van der Waals surface area contributed by atoms with Gasteiger partial charge in [-0.15, -0.1) is 0 Å². The molecule has 24 heavy (non-hydrogen) atoms. The molecule has 0 bridgehead atoms. The second-order valence-electron chi connectivity index (χ2n) is 6.22. The number of morpholine rings is 1. The monoisotopic (exact) mass is 336 g/mol. The Hall–Kier alpha value is -1.66. The Morgan fingerprint density at radius 1 is 1.42 bits per heavy atom. The molecule has 1 saturated heterocycles. The maximum atomic E-state index is 13.1. The zero-order chi connectivity index (χ0) is 17.4. The van der Waals surface area contributed by atoms with Crippen molar-refractivity contribution in [1.82, 2.24) is 15.5 Å². The van der Waals surface area contributed by atoms with Crippen LogP contribution in [0, 0.1) is 12.7 Å². The number of aryl methyl sites for hydroxylation is 1. The Kier molecular flexibility index (Phi) is 7.46. The third-order valence-corrected chi connectivity index (χ3v) is 4.13. The minimum Gasteiger partial charge on any atom is -0.374 e. The van der Waals surface area contributed by atoms with E-state index in [1.165, 1.54) is 6.07 Å². The number of nitrogens with zero attached hydrogens (tertiary/aromatic N) is 2. The highest BCUT2D eigenvalue weighted by Gasteiger charge is 2.17. The minimum absolute atomic E-state index is 0.151. The summed E-state index contributed by atoms with van der Waals surface area (Å²) in [6.45, 7) is 8.87. The number of aliphatic imine (C=N–C) groups is 1. The molecule has 0 saturated carbocycles. The fourth-order valence-electron chi connectivity index (χ4n) is 2.77. The van der Waals surface area contributed by atoms with E-state index in [2.05, 4.69) is 27.6 Å². The van der Waals surface area contributed by atoms with Gasteiger partial charge in [0.1, 0.15) is 5.82 Å². The van der Waals surface area contributed by atoms with Crippen LogP contribution < -0.4 is 10.6 Å². The number of likely N-dealkylation sites (N-methyl/N-ethyl adjacent to an activating group) is 1. The molecule has 0 amide bonds. The van der Waals surface area contributed by atoms with Gasteiger partial charge in [0.2, 0.25) is 0 Å². The summed E-state index contributed by atoms with van der Waals surface area (Å²) in [4.78, 5) is 6.89. The van der Waals surface area contributed by atoms with E-state index in [4.69, 9.17) is 4.74 Å². The van der Waals surface area contributed by atoms with Crippen LogP contribution in [0.5, 0.6) is 0 Å². The number of guanidine groups is 1. The molecule has 0 radical (unpaired) electrons. The summed E-state index contributed by atoms with van der Waals surface area (Å²) in [5.74, 6) is 0.616. The van der Waals surface area contributed by atoms with Gasteiger partial charge in [0, 0.05) is 26.2 Å².